The molecule has 54 heavy (non-hydrogen) atoms. The van der Waals surface area contributed by atoms with Crippen molar-refractivity contribution in [2.75, 3.05) is 20.2 Å². The van der Waals surface area contributed by atoms with Gasteiger partial charge in [-0.3, -0.25) is 14.4 Å². The van der Waals surface area contributed by atoms with Crippen LogP contribution in [-0.4, -0.2) is 89.5 Å². The lowest BCUT2D eigenvalue weighted by Gasteiger charge is -2.26. The Kier molecular flexibility index (Phi) is 11.1. The van der Waals surface area contributed by atoms with Gasteiger partial charge in [0.05, 0.1) is 29.8 Å². The SMILES string of the molecule is COc1ccc2c(O[C@@H]3C[C@@H](C(=O)N[C@]4(C(=O)NS(=O)(=O)c5ccccc5)CC4I)N(C(=O)CNC(=O)OC(C)(C)C)C3)cc(-c3ccccc3)nc2c1. The molecular formula is C38H40IN5O9S. The maximum Gasteiger partial charge on any atom is 0.408 e. The number of alkyl halides is 1. The Hall–Kier alpha value is -4.97. The first-order valence-corrected chi connectivity index (χ1v) is 19.9. The number of alkyl carbamates (subject to hydrolysis) is 1. The van der Waals surface area contributed by atoms with Gasteiger partial charge in [-0.15, -0.1) is 0 Å². The molecule has 1 saturated heterocycles. The number of methoxy groups -OCH3 is 1. The van der Waals surface area contributed by atoms with Crippen LogP contribution in [0.5, 0.6) is 11.5 Å². The van der Waals surface area contributed by atoms with Gasteiger partial charge in [0.1, 0.15) is 41.3 Å². The minimum absolute atomic E-state index is 0.0244. The van der Waals surface area contributed by atoms with E-state index in [0.29, 0.717) is 28.1 Å². The van der Waals surface area contributed by atoms with E-state index in [2.05, 4.69) is 15.4 Å². The minimum atomic E-state index is -4.23. The van der Waals surface area contributed by atoms with Crippen molar-refractivity contribution in [3.63, 3.8) is 0 Å². The van der Waals surface area contributed by atoms with Crippen LogP contribution in [0.25, 0.3) is 22.2 Å². The number of carbonyl (C=O) groups is 4. The molecule has 284 valence electrons. The van der Waals surface area contributed by atoms with Gasteiger partial charge in [0.2, 0.25) is 11.8 Å². The number of aromatic nitrogens is 1. The molecule has 1 aromatic heterocycles. The fourth-order valence-corrected chi connectivity index (χ4v) is 8.32. The van der Waals surface area contributed by atoms with Gasteiger partial charge in [-0.1, -0.05) is 71.1 Å². The standard InChI is InChI=1S/C38H40IN5O9S/c1-37(2,3)53-36(48)40-21-33(45)44-22-25(52-31-19-28(23-11-7-5-8-12-23)41-29-17-24(51-4)15-16-27(29)31)18-30(44)34(46)42-38(20-32(38)39)35(47)43-54(49,50)26-13-9-6-10-14-26/h5-17,19,25,30,32H,18,20-22H2,1-4H3,(H,40,48)(H,42,46)(H,43,47)/t25-,30+,32?,38-/m1/s1. The lowest BCUT2D eigenvalue weighted by Crippen LogP contribution is -2.57. The Balaban J connectivity index is 1.27. The predicted molar refractivity (Wildman–Crippen MR) is 208 cm³/mol. The zero-order valence-electron chi connectivity index (χ0n) is 30.0. The zero-order valence-corrected chi connectivity index (χ0v) is 33.0. The van der Waals surface area contributed by atoms with E-state index in [1.165, 1.54) is 29.2 Å². The maximum absolute atomic E-state index is 14.1. The molecule has 1 saturated carbocycles. The first-order chi connectivity index (χ1) is 25.6. The second-order valence-electron chi connectivity index (χ2n) is 14.0. The van der Waals surface area contributed by atoms with E-state index in [9.17, 15) is 27.6 Å². The summed E-state index contributed by atoms with van der Waals surface area (Å²) >= 11 is 1.98. The number of benzene rings is 3. The summed E-state index contributed by atoms with van der Waals surface area (Å²) in [6, 6.07) is 23.0. The highest BCUT2D eigenvalue weighted by molar-refractivity contribution is 14.1. The number of halogens is 1. The van der Waals surface area contributed by atoms with Crippen LogP contribution >= 0.6 is 22.6 Å². The van der Waals surface area contributed by atoms with Gasteiger partial charge in [-0.25, -0.2) is 22.9 Å². The molecule has 6 rings (SSSR count). The number of pyridine rings is 1. The lowest BCUT2D eigenvalue weighted by molar-refractivity contribution is -0.139. The van der Waals surface area contributed by atoms with Gasteiger partial charge >= 0.3 is 6.09 Å². The first kappa shape index (κ1) is 38.7. The van der Waals surface area contributed by atoms with E-state index < -0.39 is 67.6 Å². The quantitative estimate of drug-likeness (QED) is 0.145. The minimum Gasteiger partial charge on any atom is -0.497 e. The number of ether oxygens (including phenoxy) is 3. The Morgan fingerprint density at radius 1 is 0.981 bits per heavy atom. The monoisotopic (exact) mass is 869 g/mol. The smallest absolute Gasteiger partial charge is 0.408 e. The molecule has 14 nitrogen and oxygen atoms in total. The summed E-state index contributed by atoms with van der Waals surface area (Å²) in [7, 11) is -2.67. The third kappa shape index (κ3) is 8.70. The molecule has 2 aliphatic rings. The van der Waals surface area contributed by atoms with Gasteiger partial charge < -0.3 is 29.7 Å². The fraction of sp³-hybridized carbons (Fsp3) is 0.342. The molecule has 1 aliphatic heterocycles. The van der Waals surface area contributed by atoms with Gasteiger partial charge in [0.25, 0.3) is 15.9 Å². The second-order valence-corrected chi connectivity index (χ2v) is 17.2. The Morgan fingerprint density at radius 2 is 1.65 bits per heavy atom. The van der Waals surface area contributed by atoms with E-state index in [4.69, 9.17) is 19.2 Å². The van der Waals surface area contributed by atoms with Crippen LogP contribution in [0.3, 0.4) is 0 Å². The number of fused-ring (bicyclic) bond motifs is 1. The largest absolute Gasteiger partial charge is 0.497 e. The van der Waals surface area contributed by atoms with Gasteiger partial charge in [0, 0.05) is 33.4 Å². The third-order valence-electron chi connectivity index (χ3n) is 8.92. The number of hydrogen-bond acceptors (Lipinski definition) is 10. The van der Waals surface area contributed by atoms with Crippen molar-refractivity contribution in [2.45, 2.75) is 65.7 Å². The molecule has 0 bridgehead atoms. The number of nitrogens with zero attached hydrogens (tertiary/aromatic N) is 2. The van der Waals surface area contributed by atoms with Crippen LogP contribution in [0.2, 0.25) is 0 Å². The summed E-state index contributed by atoms with van der Waals surface area (Å²) < 4.78 is 45.0. The highest BCUT2D eigenvalue weighted by Crippen LogP contribution is 2.44. The molecule has 1 unspecified atom stereocenters. The highest BCUT2D eigenvalue weighted by atomic mass is 127. The normalized spacial score (nSPS) is 20.8. The molecule has 3 N–H and O–H groups in total. The molecule has 0 spiro atoms. The average molecular weight is 870 g/mol. The van der Waals surface area contributed by atoms with Crippen molar-refractivity contribution < 1.29 is 41.8 Å². The topological polar surface area (TPSA) is 182 Å². The summed E-state index contributed by atoms with van der Waals surface area (Å²) in [5, 5.41) is 5.89. The van der Waals surface area contributed by atoms with Crippen molar-refractivity contribution in [3.8, 4) is 22.8 Å². The van der Waals surface area contributed by atoms with E-state index in [0.717, 1.165) is 5.56 Å². The maximum atomic E-state index is 14.1. The van der Waals surface area contributed by atoms with Crippen LogP contribution in [0, 0.1) is 0 Å². The highest BCUT2D eigenvalue weighted by Gasteiger charge is 2.62. The Labute approximate surface area is 326 Å². The second kappa shape index (κ2) is 15.4. The average Bonchev–Trinajstić information content (AvgIpc) is 3.59. The number of hydrogen-bond donors (Lipinski definition) is 3. The summed E-state index contributed by atoms with van der Waals surface area (Å²) in [5.41, 5.74) is -0.258. The van der Waals surface area contributed by atoms with Crippen LogP contribution in [0.1, 0.15) is 33.6 Å². The van der Waals surface area contributed by atoms with Crippen molar-refractivity contribution in [1.29, 1.82) is 0 Å². The molecule has 1 aliphatic carbocycles. The van der Waals surface area contributed by atoms with Crippen molar-refractivity contribution in [1.82, 2.24) is 25.2 Å². The summed E-state index contributed by atoms with van der Waals surface area (Å²) in [6.45, 7) is 4.55. The first-order valence-electron chi connectivity index (χ1n) is 17.1. The number of carbonyl (C=O) groups excluding carboxylic acids is 4. The molecule has 16 heteroatoms. The Morgan fingerprint density at radius 3 is 2.28 bits per heavy atom. The summed E-state index contributed by atoms with van der Waals surface area (Å²) in [6.07, 6.45) is -1.32. The summed E-state index contributed by atoms with van der Waals surface area (Å²) in [5.74, 6) is -1.09. The third-order valence-corrected chi connectivity index (χ3v) is 11.8. The predicted octanol–water partition coefficient (Wildman–Crippen LogP) is 4.35. The molecule has 0 radical (unpaired) electrons. The van der Waals surface area contributed by atoms with E-state index in [-0.39, 0.29) is 24.3 Å². The number of sulfonamides is 1. The van der Waals surface area contributed by atoms with E-state index >= 15 is 0 Å². The van der Waals surface area contributed by atoms with Crippen molar-refractivity contribution in [3.05, 3.63) is 84.9 Å². The van der Waals surface area contributed by atoms with Gasteiger partial charge in [0.15, 0.2) is 0 Å². The van der Waals surface area contributed by atoms with E-state index in [1.54, 1.807) is 52.1 Å². The molecular weight excluding hydrogens is 829 g/mol. The number of rotatable bonds is 11. The molecule has 4 amide bonds. The Bertz CT molecular complexity index is 2180. The number of amides is 4. The lowest BCUT2D eigenvalue weighted by atomic mass is 10.1. The zero-order chi connectivity index (χ0) is 38.8. The van der Waals surface area contributed by atoms with Gasteiger partial charge in [-0.05, 0) is 51.5 Å². The van der Waals surface area contributed by atoms with Crippen LogP contribution in [0.4, 0.5) is 4.79 Å². The number of likely N-dealkylation sites (tertiary alicyclic amines) is 1. The van der Waals surface area contributed by atoms with E-state index in [1.807, 2.05) is 59.0 Å². The molecule has 4 aromatic rings. The van der Waals surface area contributed by atoms with Crippen molar-refractivity contribution >= 4 is 67.3 Å². The number of nitrogens with one attached hydrogen (secondary N) is 3. The molecule has 4 atom stereocenters. The van der Waals surface area contributed by atoms with Crippen LogP contribution in [-0.2, 0) is 29.1 Å². The summed E-state index contributed by atoms with van der Waals surface area (Å²) in [4.78, 5) is 59.8. The van der Waals surface area contributed by atoms with Crippen molar-refractivity contribution in [2.24, 2.45) is 0 Å². The molecule has 2 heterocycles. The molecule has 2 fully saturated rings. The molecule has 3 aromatic carbocycles. The van der Waals surface area contributed by atoms with Gasteiger partial charge in [-0.2, -0.15) is 0 Å². The van der Waals surface area contributed by atoms with Crippen LogP contribution in [0.15, 0.2) is 89.8 Å². The van der Waals surface area contributed by atoms with Crippen LogP contribution < -0.4 is 24.8 Å². The fourth-order valence-electron chi connectivity index (χ4n) is 6.13.